The van der Waals surface area contributed by atoms with E-state index in [1.54, 1.807) is 13.8 Å². The van der Waals surface area contributed by atoms with Crippen LogP contribution in [0.1, 0.15) is 19.4 Å². The number of halogens is 1. The third-order valence-corrected chi connectivity index (χ3v) is 3.53. The minimum atomic E-state index is -0.856. The lowest BCUT2D eigenvalue weighted by atomic mass is 10.1. The molecule has 0 aliphatic rings. The summed E-state index contributed by atoms with van der Waals surface area (Å²) in [6.07, 6.45) is -0.734. The smallest absolute Gasteiger partial charge is 0.237 e. The van der Waals surface area contributed by atoms with Crippen LogP contribution >= 0.6 is 15.9 Å². The Labute approximate surface area is 127 Å². The largest absolute Gasteiger partial charge is 0.490 e. The van der Waals surface area contributed by atoms with Crippen molar-refractivity contribution >= 4 is 21.8 Å². The number of primary amides is 1. The highest BCUT2D eigenvalue weighted by Crippen LogP contribution is 2.25. The van der Waals surface area contributed by atoms with Crippen molar-refractivity contribution in [3.8, 4) is 5.75 Å². The number of hydrogen-bond acceptors (Lipinski definition) is 4. The highest BCUT2D eigenvalue weighted by Gasteiger charge is 2.24. The average molecular weight is 345 g/mol. The molecular formula is C14H21BrN2O3. The molecule has 0 aliphatic carbocycles. The number of carbonyl (C=O) groups excluding carboxylic acids is 1. The number of hydrogen-bond donors (Lipinski definition) is 3. The standard InChI is InChI=1S/C14H21BrN2O3/c1-9-4-5-12(11(15)6-9)20-8-10(18)7-17-14(2,3)13(16)19/h4-6,10,17-18H,7-8H2,1-3H3,(H2,16,19). The summed E-state index contributed by atoms with van der Waals surface area (Å²) in [4.78, 5) is 11.1. The number of aryl methyl sites for hydroxylation is 1. The first-order valence-electron chi connectivity index (χ1n) is 6.34. The van der Waals surface area contributed by atoms with Crippen molar-refractivity contribution < 1.29 is 14.6 Å². The number of benzene rings is 1. The lowest BCUT2D eigenvalue weighted by Gasteiger charge is -2.24. The number of nitrogens with two attached hydrogens (primary N) is 1. The summed E-state index contributed by atoms with van der Waals surface area (Å²) in [6, 6.07) is 5.71. The van der Waals surface area contributed by atoms with Gasteiger partial charge in [-0.2, -0.15) is 0 Å². The molecule has 6 heteroatoms. The lowest BCUT2D eigenvalue weighted by molar-refractivity contribution is -0.123. The van der Waals surface area contributed by atoms with Crippen LogP contribution in [0.15, 0.2) is 22.7 Å². The predicted octanol–water partition coefficient (Wildman–Crippen LogP) is 1.35. The van der Waals surface area contributed by atoms with Gasteiger partial charge in [-0.3, -0.25) is 4.79 Å². The fourth-order valence-corrected chi connectivity index (χ4v) is 2.04. The quantitative estimate of drug-likeness (QED) is 0.697. The molecule has 1 aromatic carbocycles. The molecule has 0 spiro atoms. The normalized spacial score (nSPS) is 13.1. The number of β-amino-alcohol motifs (C(OH)–C–C–N with tert-alkyl or cyclic N) is 1. The summed E-state index contributed by atoms with van der Waals surface area (Å²) in [5.41, 5.74) is 5.50. The molecule has 0 fully saturated rings. The molecule has 0 aliphatic heterocycles. The second-order valence-electron chi connectivity index (χ2n) is 5.27. The summed E-state index contributed by atoms with van der Waals surface area (Å²) >= 11 is 3.40. The molecule has 0 radical (unpaired) electrons. The van der Waals surface area contributed by atoms with Crippen LogP contribution in [0.4, 0.5) is 0 Å². The van der Waals surface area contributed by atoms with Gasteiger partial charge in [0.1, 0.15) is 18.5 Å². The monoisotopic (exact) mass is 344 g/mol. The van der Waals surface area contributed by atoms with Gasteiger partial charge in [0.15, 0.2) is 0 Å². The van der Waals surface area contributed by atoms with Gasteiger partial charge in [-0.05, 0) is 54.4 Å². The van der Waals surface area contributed by atoms with Crippen molar-refractivity contribution in [2.75, 3.05) is 13.2 Å². The molecular weight excluding hydrogens is 324 g/mol. The van der Waals surface area contributed by atoms with E-state index in [2.05, 4.69) is 21.2 Å². The van der Waals surface area contributed by atoms with Crippen LogP contribution in [0.2, 0.25) is 0 Å². The SMILES string of the molecule is Cc1ccc(OCC(O)CNC(C)(C)C(N)=O)c(Br)c1. The van der Waals surface area contributed by atoms with E-state index in [1.807, 2.05) is 25.1 Å². The molecule has 0 saturated heterocycles. The molecule has 5 nitrogen and oxygen atoms in total. The zero-order valence-electron chi connectivity index (χ0n) is 11.9. The highest BCUT2D eigenvalue weighted by molar-refractivity contribution is 9.10. The van der Waals surface area contributed by atoms with E-state index in [0.29, 0.717) is 5.75 Å². The first kappa shape index (κ1) is 16.9. The highest BCUT2D eigenvalue weighted by atomic mass is 79.9. The molecule has 112 valence electrons. The fourth-order valence-electron chi connectivity index (χ4n) is 1.43. The zero-order valence-corrected chi connectivity index (χ0v) is 13.5. The van der Waals surface area contributed by atoms with Crippen molar-refractivity contribution in [1.29, 1.82) is 0 Å². The zero-order chi connectivity index (χ0) is 15.3. The van der Waals surface area contributed by atoms with E-state index >= 15 is 0 Å². The number of carbonyl (C=O) groups is 1. The Morgan fingerprint density at radius 3 is 2.75 bits per heavy atom. The first-order chi connectivity index (χ1) is 9.22. The van der Waals surface area contributed by atoms with Crippen LogP contribution in [0.3, 0.4) is 0 Å². The predicted molar refractivity (Wildman–Crippen MR) is 81.7 cm³/mol. The average Bonchev–Trinajstić information content (AvgIpc) is 2.35. The Hall–Kier alpha value is -1.11. The Kier molecular flexibility index (Phi) is 5.98. The van der Waals surface area contributed by atoms with Gasteiger partial charge in [0, 0.05) is 6.54 Å². The fraction of sp³-hybridized carbons (Fsp3) is 0.500. The minimum absolute atomic E-state index is 0.128. The van der Waals surface area contributed by atoms with Crippen molar-refractivity contribution in [1.82, 2.24) is 5.32 Å². The molecule has 20 heavy (non-hydrogen) atoms. The van der Waals surface area contributed by atoms with Gasteiger partial charge < -0.3 is 20.9 Å². The first-order valence-corrected chi connectivity index (χ1v) is 7.13. The van der Waals surface area contributed by atoms with Crippen molar-refractivity contribution in [2.45, 2.75) is 32.4 Å². The topological polar surface area (TPSA) is 84.6 Å². The van der Waals surface area contributed by atoms with Gasteiger partial charge >= 0.3 is 0 Å². The number of amides is 1. The Morgan fingerprint density at radius 1 is 1.55 bits per heavy atom. The van der Waals surface area contributed by atoms with E-state index in [4.69, 9.17) is 10.5 Å². The minimum Gasteiger partial charge on any atom is -0.490 e. The molecule has 1 rings (SSSR count). The van der Waals surface area contributed by atoms with Gasteiger partial charge in [0.25, 0.3) is 0 Å². The number of rotatable bonds is 7. The maximum atomic E-state index is 11.1. The number of ether oxygens (including phenoxy) is 1. The Bertz CT molecular complexity index is 477. The maximum absolute atomic E-state index is 11.1. The van der Waals surface area contributed by atoms with E-state index in [1.165, 1.54) is 0 Å². The van der Waals surface area contributed by atoms with Crippen LogP contribution in [-0.2, 0) is 4.79 Å². The van der Waals surface area contributed by atoms with Gasteiger partial charge in [-0.15, -0.1) is 0 Å². The molecule has 1 atom stereocenters. The van der Waals surface area contributed by atoms with Gasteiger partial charge in [0.05, 0.1) is 10.0 Å². The summed E-state index contributed by atoms with van der Waals surface area (Å²) < 4.78 is 6.37. The van der Waals surface area contributed by atoms with Crippen LogP contribution in [0.25, 0.3) is 0 Å². The van der Waals surface area contributed by atoms with Crippen LogP contribution in [0.5, 0.6) is 5.75 Å². The second-order valence-corrected chi connectivity index (χ2v) is 6.12. The van der Waals surface area contributed by atoms with E-state index in [-0.39, 0.29) is 13.2 Å². The van der Waals surface area contributed by atoms with Crippen LogP contribution in [-0.4, -0.2) is 35.8 Å². The maximum Gasteiger partial charge on any atom is 0.237 e. The number of aliphatic hydroxyl groups is 1. The van der Waals surface area contributed by atoms with Crippen molar-refractivity contribution in [3.63, 3.8) is 0 Å². The summed E-state index contributed by atoms with van der Waals surface area (Å²) in [7, 11) is 0. The molecule has 0 bridgehead atoms. The number of aliphatic hydroxyl groups excluding tert-OH is 1. The Balaban J connectivity index is 2.44. The second kappa shape index (κ2) is 7.06. The molecule has 0 heterocycles. The van der Waals surface area contributed by atoms with Crippen LogP contribution in [0, 0.1) is 6.92 Å². The summed E-state index contributed by atoms with van der Waals surface area (Å²) in [5, 5.41) is 12.7. The molecule has 4 N–H and O–H groups in total. The summed E-state index contributed by atoms with van der Waals surface area (Å²) in [5.74, 6) is 0.204. The van der Waals surface area contributed by atoms with Gasteiger partial charge in [-0.1, -0.05) is 6.07 Å². The molecule has 0 aromatic heterocycles. The van der Waals surface area contributed by atoms with E-state index in [0.717, 1.165) is 10.0 Å². The van der Waals surface area contributed by atoms with Crippen LogP contribution < -0.4 is 15.8 Å². The molecule has 1 unspecified atom stereocenters. The van der Waals surface area contributed by atoms with Crippen molar-refractivity contribution in [3.05, 3.63) is 28.2 Å². The third kappa shape index (κ3) is 5.11. The lowest BCUT2D eigenvalue weighted by Crippen LogP contribution is -2.53. The molecule has 0 saturated carbocycles. The third-order valence-electron chi connectivity index (χ3n) is 2.91. The van der Waals surface area contributed by atoms with Gasteiger partial charge in [-0.25, -0.2) is 0 Å². The van der Waals surface area contributed by atoms with E-state index in [9.17, 15) is 9.90 Å². The van der Waals surface area contributed by atoms with Gasteiger partial charge in [0.2, 0.25) is 5.91 Å². The summed E-state index contributed by atoms with van der Waals surface area (Å²) in [6.45, 7) is 5.67. The number of nitrogens with one attached hydrogen (secondary N) is 1. The molecule has 1 aromatic rings. The van der Waals surface area contributed by atoms with E-state index < -0.39 is 17.6 Å². The Morgan fingerprint density at radius 2 is 2.20 bits per heavy atom. The van der Waals surface area contributed by atoms with Crippen molar-refractivity contribution in [2.24, 2.45) is 5.73 Å². The molecule has 1 amide bonds.